The second kappa shape index (κ2) is 68.7. The number of aliphatic hydroxyl groups is 1. The second-order valence-electron chi connectivity index (χ2n) is 25.6. The fourth-order valence-electron chi connectivity index (χ4n) is 10.1. The summed E-state index contributed by atoms with van der Waals surface area (Å²) in [7, 11) is 1.54. The number of nitrogens with one attached hydrogen (secondary N) is 1. The van der Waals surface area contributed by atoms with E-state index in [-0.39, 0.29) is 19.1 Å². The van der Waals surface area contributed by atoms with Crippen molar-refractivity contribution in [1.29, 1.82) is 0 Å². The van der Waals surface area contributed by atoms with Gasteiger partial charge in [0.25, 0.3) is 0 Å². The summed E-state index contributed by atoms with van der Waals surface area (Å²) in [6.07, 6.45) is 106. The smallest absolute Gasteiger partial charge is 0.387 e. The van der Waals surface area contributed by atoms with Crippen LogP contribution in [0.15, 0.2) is 146 Å². The maximum absolute atomic E-state index is 13.1. The van der Waals surface area contributed by atoms with Crippen LogP contribution in [0.3, 0.4) is 0 Å². The van der Waals surface area contributed by atoms with Crippen LogP contribution in [-0.4, -0.2) is 73.4 Å². The second-order valence-corrected chi connectivity index (χ2v) is 27.0. The summed E-state index contributed by atoms with van der Waals surface area (Å²) in [6.45, 7) is 4.69. The van der Waals surface area contributed by atoms with Gasteiger partial charge in [0.15, 0.2) is 0 Å². The van der Waals surface area contributed by atoms with E-state index in [1.807, 2.05) is 27.2 Å². The predicted molar refractivity (Wildman–Crippen MR) is 391 cm³/mol. The fourth-order valence-corrected chi connectivity index (χ4v) is 10.9. The average Bonchev–Trinajstić information content (AvgIpc) is 3.55. The lowest BCUT2D eigenvalue weighted by Crippen LogP contribution is -2.45. The van der Waals surface area contributed by atoms with Gasteiger partial charge < -0.3 is 19.8 Å². The van der Waals surface area contributed by atoms with Crippen molar-refractivity contribution in [2.24, 2.45) is 0 Å². The molecule has 0 fully saturated rings. The van der Waals surface area contributed by atoms with Crippen LogP contribution in [0.5, 0.6) is 0 Å². The van der Waals surface area contributed by atoms with E-state index in [1.165, 1.54) is 167 Å². The molecule has 0 aliphatic carbocycles. The number of allylic oxidation sites excluding steroid dienone is 23. The number of rotatable bonds is 66. The van der Waals surface area contributed by atoms with Gasteiger partial charge in [0.2, 0.25) is 5.91 Å². The van der Waals surface area contributed by atoms with Crippen molar-refractivity contribution in [2.45, 2.75) is 315 Å². The van der Waals surface area contributed by atoms with Gasteiger partial charge in [-0.25, -0.2) is 4.57 Å². The first-order valence-electron chi connectivity index (χ1n) is 36.7. The first-order valence-corrected chi connectivity index (χ1v) is 38.2. The molecule has 3 unspecified atom stereocenters. The first-order chi connectivity index (χ1) is 43.5. The van der Waals surface area contributed by atoms with Crippen LogP contribution >= 0.6 is 7.82 Å². The largest absolute Gasteiger partial charge is 0.472 e. The molecule has 0 saturated carbocycles. The average molecular weight is 1260 g/mol. The lowest BCUT2D eigenvalue weighted by Gasteiger charge is -2.25. The Kier molecular flexibility index (Phi) is 65.9. The minimum absolute atomic E-state index is 0.0477. The highest BCUT2D eigenvalue weighted by atomic mass is 31.2. The number of carbonyl (C=O) groups excluding carboxylic acids is 1. The SMILES string of the molecule is CC/C=C\C/C=C\C/C=C\C/C=C\C/C=C\C/C=C\C/C=C\C/C=C\C/C=C\C/C=C\CCCCCCCCCCC(=O)NC(COP(=O)(O)OCC[N+](C)(C)C)C(O)/C=C/CC/C=C/CCCCCCCCCCCCCCCCCCCCCCCC. The first kappa shape index (κ1) is 85.4. The Hall–Kier alpha value is -3.62. The highest BCUT2D eigenvalue weighted by molar-refractivity contribution is 7.47. The van der Waals surface area contributed by atoms with Crippen LogP contribution in [0.4, 0.5) is 0 Å². The van der Waals surface area contributed by atoms with Crippen LogP contribution in [0, 0.1) is 0 Å². The summed E-state index contributed by atoms with van der Waals surface area (Å²) in [5.41, 5.74) is 0. The summed E-state index contributed by atoms with van der Waals surface area (Å²) in [5.74, 6) is -0.198. The number of hydrogen-bond acceptors (Lipinski definition) is 5. The molecule has 0 aliphatic rings. The molecule has 0 bridgehead atoms. The zero-order valence-corrected chi connectivity index (χ0v) is 59.3. The number of quaternary nitrogens is 1. The van der Waals surface area contributed by atoms with Crippen LogP contribution in [0.25, 0.3) is 0 Å². The minimum atomic E-state index is -4.38. The fraction of sp³-hybridized carbons (Fsp3) is 0.688. The summed E-state index contributed by atoms with van der Waals surface area (Å²) in [5, 5.41) is 14.0. The predicted octanol–water partition coefficient (Wildman–Crippen LogP) is 23.9. The van der Waals surface area contributed by atoms with Gasteiger partial charge in [-0.05, 0) is 109 Å². The Bertz CT molecular complexity index is 1960. The van der Waals surface area contributed by atoms with E-state index < -0.39 is 20.0 Å². The molecule has 0 saturated heterocycles. The summed E-state index contributed by atoms with van der Waals surface area (Å²) in [6, 6.07) is -0.880. The Balaban J connectivity index is 4.17. The topological polar surface area (TPSA) is 105 Å². The molecule has 8 nitrogen and oxygen atoms in total. The monoisotopic (exact) mass is 1260 g/mol. The third kappa shape index (κ3) is 71.7. The Morgan fingerprint density at radius 1 is 0.393 bits per heavy atom. The van der Waals surface area contributed by atoms with Crippen molar-refractivity contribution >= 4 is 13.7 Å². The molecule has 3 atom stereocenters. The van der Waals surface area contributed by atoms with Gasteiger partial charge in [-0.15, -0.1) is 0 Å². The maximum Gasteiger partial charge on any atom is 0.472 e. The van der Waals surface area contributed by atoms with Crippen molar-refractivity contribution in [3.05, 3.63) is 146 Å². The third-order valence-corrected chi connectivity index (χ3v) is 16.8. The van der Waals surface area contributed by atoms with E-state index in [1.54, 1.807) is 6.08 Å². The number of unbranched alkanes of at least 4 members (excludes halogenated alkanes) is 31. The molecular formula is C80H140N2O6P+. The Morgan fingerprint density at radius 3 is 1.03 bits per heavy atom. The third-order valence-electron chi connectivity index (χ3n) is 15.8. The van der Waals surface area contributed by atoms with Crippen LogP contribution in [0.1, 0.15) is 303 Å². The molecule has 0 aliphatic heterocycles. The standard InChI is InChI=1S/C80H139N2O6P/c1-6-8-10-12-14-16-18-20-22-24-26-28-30-32-34-36-37-38-39-40-41-42-43-44-45-46-48-50-52-54-56-58-60-62-64-66-68-70-72-74-80(84)81-78(77-88-89(85,86)87-76-75-82(3,4)5)79(83)73-71-69-67-65-63-61-59-57-55-53-51-49-47-35-33-31-29-27-25-23-21-19-17-15-13-11-9-7-2/h8,10,14,16,20,22,26,28,32,34,37-38,40-41,43-44,46,48,52,54,63,65,71,73,78-79,83H,6-7,9,11-13,15,17-19,21,23-25,27,29-31,33,35-36,39,42,45,47,49-51,53,55-62,64,66-70,72,74-77H2,1-5H3,(H-,81,84,85,86)/p+1/b10-8-,16-14-,22-20-,28-26-,34-32-,38-37-,41-40-,44-43-,48-46-,54-52-,65-63+,73-71+. The Morgan fingerprint density at radius 2 is 0.685 bits per heavy atom. The minimum Gasteiger partial charge on any atom is -0.387 e. The number of aliphatic hydroxyl groups excluding tert-OH is 1. The van der Waals surface area contributed by atoms with Gasteiger partial charge in [0, 0.05) is 6.42 Å². The molecule has 1 amide bonds. The molecule has 0 rings (SSSR count). The van der Waals surface area contributed by atoms with Crippen molar-refractivity contribution in [3.8, 4) is 0 Å². The van der Waals surface area contributed by atoms with E-state index >= 15 is 0 Å². The van der Waals surface area contributed by atoms with Crippen molar-refractivity contribution in [1.82, 2.24) is 5.32 Å². The molecule has 0 aromatic heterocycles. The van der Waals surface area contributed by atoms with Crippen LogP contribution in [0.2, 0.25) is 0 Å². The van der Waals surface area contributed by atoms with Gasteiger partial charge in [-0.1, -0.05) is 333 Å². The zero-order chi connectivity index (χ0) is 64.8. The lowest BCUT2D eigenvalue weighted by molar-refractivity contribution is -0.870. The van der Waals surface area contributed by atoms with E-state index in [0.29, 0.717) is 17.4 Å². The number of likely N-dealkylation sites (N-methyl/N-ethyl adjacent to an activating group) is 1. The molecule has 9 heteroatoms. The quantitative estimate of drug-likeness (QED) is 0.0243. The molecule has 0 aromatic carbocycles. The van der Waals surface area contributed by atoms with E-state index in [4.69, 9.17) is 9.05 Å². The zero-order valence-electron chi connectivity index (χ0n) is 58.4. The summed E-state index contributed by atoms with van der Waals surface area (Å²) < 4.78 is 23.8. The number of carbonyl (C=O) groups is 1. The van der Waals surface area contributed by atoms with Gasteiger partial charge in [0.1, 0.15) is 13.2 Å². The highest BCUT2D eigenvalue weighted by Crippen LogP contribution is 2.43. The van der Waals surface area contributed by atoms with Crippen molar-refractivity contribution in [2.75, 3.05) is 40.9 Å². The summed E-state index contributed by atoms with van der Waals surface area (Å²) >= 11 is 0. The van der Waals surface area contributed by atoms with E-state index in [0.717, 1.165) is 116 Å². The number of phosphoric acid groups is 1. The molecule has 0 spiro atoms. The molecule has 0 aromatic rings. The highest BCUT2D eigenvalue weighted by Gasteiger charge is 2.28. The van der Waals surface area contributed by atoms with Crippen LogP contribution < -0.4 is 5.32 Å². The number of nitrogens with zero attached hydrogens (tertiary/aromatic N) is 1. The number of amides is 1. The van der Waals surface area contributed by atoms with Gasteiger partial charge in [0.05, 0.1) is 39.9 Å². The van der Waals surface area contributed by atoms with Gasteiger partial charge in [-0.2, -0.15) is 0 Å². The van der Waals surface area contributed by atoms with Gasteiger partial charge >= 0.3 is 7.82 Å². The molecule has 0 radical (unpaired) electrons. The molecule has 510 valence electrons. The number of hydrogen-bond donors (Lipinski definition) is 3. The van der Waals surface area contributed by atoms with E-state index in [2.05, 4.69) is 153 Å². The molecule has 0 heterocycles. The molecular weight excluding hydrogens is 1120 g/mol. The normalized spacial score (nSPS) is 14.5. The van der Waals surface area contributed by atoms with E-state index in [9.17, 15) is 19.4 Å². The van der Waals surface area contributed by atoms with Crippen molar-refractivity contribution in [3.63, 3.8) is 0 Å². The summed E-state index contributed by atoms with van der Waals surface area (Å²) in [4.78, 5) is 23.4. The maximum atomic E-state index is 13.1. The Labute approximate surface area is 550 Å². The lowest BCUT2D eigenvalue weighted by atomic mass is 10.0. The van der Waals surface area contributed by atoms with Crippen molar-refractivity contribution < 1.29 is 32.9 Å². The van der Waals surface area contributed by atoms with Crippen LogP contribution in [-0.2, 0) is 18.4 Å². The van der Waals surface area contributed by atoms with Gasteiger partial charge in [-0.3, -0.25) is 13.8 Å². The molecule has 3 N–H and O–H groups in total. The number of phosphoric ester groups is 1. The molecule has 89 heavy (non-hydrogen) atoms.